The Morgan fingerprint density at radius 3 is 2.38 bits per heavy atom. The van der Waals surface area contributed by atoms with Gasteiger partial charge < -0.3 is 14.9 Å². The molecule has 130 valence electrons. The first-order valence-corrected chi connectivity index (χ1v) is 8.13. The van der Waals surface area contributed by atoms with E-state index >= 15 is 0 Å². The second-order valence-electron chi connectivity index (χ2n) is 5.73. The van der Waals surface area contributed by atoms with E-state index in [2.05, 4.69) is 0 Å². The van der Waals surface area contributed by atoms with Gasteiger partial charge in [0.1, 0.15) is 18.1 Å². The first kappa shape index (κ1) is 17.3. The number of hydrogen-bond acceptors (Lipinski definition) is 3. The number of carboxylic acid groups (broad SMARTS) is 1. The lowest BCUT2D eigenvalue weighted by Crippen LogP contribution is -2.01. The Morgan fingerprint density at radius 1 is 0.923 bits per heavy atom. The minimum Gasteiger partial charge on any atom is -0.508 e. The lowest BCUT2D eigenvalue weighted by molar-refractivity contribution is -0.130. The van der Waals surface area contributed by atoms with Gasteiger partial charge in [0.2, 0.25) is 0 Å². The van der Waals surface area contributed by atoms with Crippen molar-refractivity contribution in [3.8, 4) is 11.5 Å². The van der Waals surface area contributed by atoms with Crippen LogP contribution in [0.25, 0.3) is 11.6 Å². The smallest absolute Gasteiger partial charge is 0.336 e. The Morgan fingerprint density at radius 2 is 1.65 bits per heavy atom. The largest absolute Gasteiger partial charge is 0.508 e. The Balaban J connectivity index is 1.92. The maximum absolute atomic E-state index is 11.7. The molecule has 3 aromatic carbocycles. The SMILES string of the molecule is O=C(O)/C(=C\c1ccccc1OCc1ccccc1)c1cccc(O)c1. The number of carboxylic acids is 1. The van der Waals surface area contributed by atoms with E-state index in [9.17, 15) is 15.0 Å². The topological polar surface area (TPSA) is 66.8 Å². The van der Waals surface area contributed by atoms with Gasteiger partial charge in [-0.3, -0.25) is 0 Å². The molecule has 0 saturated heterocycles. The first-order valence-electron chi connectivity index (χ1n) is 8.13. The van der Waals surface area contributed by atoms with Crippen LogP contribution in [0.5, 0.6) is 11.5 Å². The highest BCUT2D eigenvalue weighted by molar-refractivity contribution is 6.20. The van der Waals surface area contributed by atoms with E-state index in [1.165, 1.54) is 12.1 Å². The maximum atomic E-state index is 11.7. The molecule has 0 aliphatic rings. The van der Waals surface area contributed by atoms with Gasteiger partial charge in [0.25, 0.3) is 0 Å². The molecule has 0 fully saturated rings. The minimum atomic E-state index is -1.08. The van der Waals surface area contributed by atoms with Crippen LogP contribution < -0.4 is 4.74 Å². The zero-order chi connectivity index (χ0) is 18.4. The highest BCUT2D eigenvalue weighted by Crippen LogP contribution is 2.27. The summed E-state index contributed by atoms with van der Waals surface area (Å²) in [6.07, 6.45) is 1.55. The standard InChI is InChI=1S/C22H18O4/c23-19-11-6-10-17(13-19)20(22(24)25)14-18-9-4-5-12-21(18)26-15-16-7-2-1-3-8-16/h1-14,23H,15H2,(H,24,25)/b20-14-. The third kappa shape index (κ3) is 4.30. The van der Waals surface area contributed by atoms with E-state index in [-0.39, 0.29) is 11.3 Å². The number of phenolic OH excluding ortho intramolecular Hbond substituents is 1. The number of ether oxygens (including phenoxy) is 1. The predicted octanol–water partition coefficient (Wildman–Crippen LogP) is 4.60. The third-order valence-corrected chi connectivity index (χ3v) is 3.84. The number of benzene rings is 3. The summed E-state index contributed by atoms with van der Waals surface area (Å²) in [5, 5.41) is 19.2. The quantitative estimate of drug-likeness (QED) is 0.506. The molecular weight excluding hydrogens is 328 g/mol. The Bertz CT molecular complexity index is 930. The molecule has 26 heavy (non-hydrogen) atoms. The van der Waals surface area contributed by atoms with Crippen LogP contribution in [0.4, 0.5) is 0 Å². The number of aromatic hydroxyl groups is 1. The molecule has 0 atom stereocenters. The van der Waals surface area contributed by atoms with Crippen molar-refractivity contribution in [2.24, 2.45) is 0 Å². The molecule has 3 rings (SSSR count). The third-order valence-electron chi connectivity index (χ3n) is 3.84. The summed E-state index contributed by atoms with van der Waals surface area (Å²) in [6, 6.07) is 23.2. The number of hydrogen-bond donors (Lipinski definition) is 2. The molecule has 3 aromatic rings. The van der Waals surface area contributed by atoms with Crippen LogP contribution in [0.2, 0.25) is 0 Å². The molecule has 0 spiro atoms. The summed E-state index contributed by atoms with van der Waals surface area (Å²) >= 11 is 0. The highest BCUT2D eigenvalue weighted by atomic mass is 16.5. The summed E-state index contributed by atoms with van der Waals surface area (Å²) in [7, 11) is 0. The van der Waals surface area contributed by atoms with Gasteiger partial charge in [-0.05, 0) is 35.4 Å². The fourth-order valence-corrected chi connectivity index (χ4v) is 2.56. The fraction of sp³-hybridized carbons (Fsp3) is 0.0455. The molecular formula is C22H18O4. The van der Waals surface area contributed by atoms with Crippen LogP contribution in [0.3, 0.4) is 0 Å². The zero-order valence-electron chi connectivity index (χ0n) is 14.0. The molecule has 0 unspecified atom stereocenters. The molecule has 0 bridgehead atoms. The van der Waals surface area contributed by atoms with Crippen molar-refractivity contribution in [2.45, 2.75) is 6.61 Å². The van der Waals surface area contributed by atoms with Crippen LogP contribution in [0.1, 0.15) is 16.7 Å². The van der Waals surface area contributed by atoms with Crippen LogP contribution in [-0.2, 0) is 11.4 Å². The first-order chi connectivity index (χ1) is 12.6. The normalized spacial score (nSPS) is 11.2. The zero-order valence-corrected chi connectivity index (χ0v) is 14.0. The number of para-hydroxylation sites is 1. The van der Waals surface area contributed by atoms with Gasteiger partial charge in [-0.15, -0.1) is 0 Å². The van der Waals surface area contributed by atoms with Gasteiger partial charge in [-0.1, -0.05) is 60.7 Å². The number of aliphatic carboxylic acids is 1. The van der Waals surface area contributed by atoms with Crippen molar-refractivity contribution in [3.05, 3.63) is 95.6 Å². The van der Waals surface area contributed by atoms with E-state index < -0.39 is 5.97 Å². The molecule has 0 radical (unpaired) electrons. The van der Waals surface area contributed by atoms with E-state index in [1.807, 2.05) is 42.5 Å². The van der Waals surface area contributed by atoms with E-state index in [4.69, 9.17) is 4.74 Å². The molecule has 0 aromatic heterocycles. The van der Waals surface area contributed by atoms with Crippen molar-refractivity contribution in [1.29, 1.82) is 0 Å². The number of carbonyl (C=O) groups is 1. The van der Waals surface area contributed by atoms with Gasteiger partial charge in [0.05, 0.1) is 5.57 Å². The van der Waals surface area contributed by atoms with Gasteiger partial charge >= 0.3 is 5.97 Å². The summed E-state index contributed by atoms with van der Waals surface area (Å²) in [4.78, 5) is 11.7. The van der Waals surface area contributed by atoms with Crippen molar-refractivity contribution in [2.75, 3.05) is 0 Å². The number of phenols is 1. The van der Waals surface area contributed by atoms with Crippen LogP contribution in [0.15, 0.2) is 78.9 Å². The van der Waals surface area contributed by atoms with E-state index in [1.54, 1.807) is 30.3 Å². The van der Waals surface area contributed by atoms with Crippen LogP contribution >= 0.6 is 0 Å². The van der Waals surface area contributed by atoms with Gasteiger partial charge in [-0.25, -0.2) is 4.79 Å². The predicted molar refractivity (Wildman–Crippen MR) is 101 cm³/mol. The maximum Gasteiger partial charge on any atom is 0.336 e. The van der Waals surface area contributed by atoms with Crippen molar-refractivity contribution >= 4 is 17.6 Å². The van der Waals surface area contributed by atoms with Crippen molar-refractivity contribution < 1.29 is 19.7 Å². The molecule has 0 saturated carbocycles. The highest BCUT2D eigenvalue weighted by Gasteiger charge is 2.13. The van der Waals surface area contributed by atoms with Crippen LogP contribution in [0, 0.1) is 0 Å². The molecule has 2 N–H and O–H groups in total. The second-order valence-corrected chi connectivity index (χ2v) is 5.73. The molecule has 4 heteroatoms. The Kier molecular flexibility index (Phi) is 5.34. The average Bonchev–Trinajstić information content (AvgIpc) is 2.65. The van der Waals surface area contributed by atoms with Crippen molar-refractivity contribution in [1.82, 2.24) is 0 Å². The van der Waals surface area contributed by atoms with Gasteiger partial charge in [0, 0.05) is 5.56 Å². The monoisotopic (exact) mass is 346 g/mol. The Labute approximate surface area is 151 Å². The molecule has 0 aliphatic heterocycles. The lowest BCUT2D eigenvalue weighted by Gasteiger charge is -2.10. The fourth-order valence-electron chi connectivity index (χ4n) is 2.56. The summed E-state index contributed by atoms with van der Waals surface area (Å²) in [5.74, 6) is -0.466. The molecule has 0 amide bonds. The summed E-state index contributed by atoms with van der Waals surface area (Å²) < 4.78 is 5.88. The van der Waals surface area contributed by atoms with Gasteiger partial charge in [0.15, 0.2) is 0 Å². The summed E-state index contributed by atoms with van der Waals surface area (Å²) in [6.45, 7) is 0.389. The number of rotatable bonds is 6. The summed E-state index contributed by atoms with van der Waals surface area (Å²) in [5.41, 5.74) is 2.19. The minimum absolute atomic E-state index is 0.0169. The second kappa shape index (κ2) is 8.03. The van der Waals surface area contributed by atoms with Crippen LogP contribution in [-0.4, -0.2) is 16.2 Å². The lowest BCUT2D eigenvalue weighted by atomic mass is 10.0. The van der Waals surface area contributed by atoms with Crippen molar-refractivity contribution in [3.63, 3.8) is 0 Å². The van der Waals surface area contributed by atoms with E-state index in [0.29, 0.717) is 23.5 Å². The molecule has 0 aliphatic carbocycles. The average molecular weight is 346 g/mol. The molecule has 4 nitrogen and oxygen atoms in total. The van der Waals surface area contributed by atoms with Gasteiger partial charge in [-0.2, -0.15) is 0 Å². The van der Waals surface area contributed by atoms with E-state index in [0.717, 1.165) is 5.56 Å². The molecule has 0 heterocycles. The Hall–Kier alpha value is -3.53.